The Hall–Kier alpha value is -3.33. The maximum Gasteiger partial charge on any atom is 0.127 e. The predicted molar refractivity (Wildman–Crippen MR) is 103 cm³/mol. The van der Waals surface area contributed by atoms with Gasteiger partial charge in [-0.25, -0.2) is 0 Å². The number of aromatic nitrogens is 1. The Kier molecular flexibility index (Phi) is 4.05. The summed E-state index contributed by atoms with van der Waals surface area (Å²) in [6.07, 6.45) is 1.92. The van der Waals surface area contributed by atoms with Crippen molar-refractivity contribution < 1.29 is 4.74 Å². The number of H-pyrrole nitrogens is 1. The number of aryl methyl sites for hydroxylation is 1. The second kappa shape index (κ2) is 6.65. The molecular weight excluding hydrogens is 308 g/mol. The summed E-state index contributed by atoms with van der Waals surface area (Å²) < 4.78 is 5.80. The van der Waals surface area contributed by atoms with Crippen LogP contribution in [0.1, 0.15) is 11.3 Å². The summed E-state index contributed by atoms with van der Waals surface area (Å²) in [5, 5.41) is 1.19. The molecule has 3 heteroatoms. The molecule has 3 nitrogen and oxygen atoms in total. The second-order valence-corrected chi connectivity index (χ2v) is 5.88. The molecule has 1 N–H and O–H groups in total. The van der Waals surface area contributed by atoms with Gasteiger partial charge in [0, 0.05) is 28.4 Å². The average molecular weight is 326 g/mol. The standard InChI is InChI=1S/C22H18N2O/c1-16-21(20-9-5-6-10-22(20)24-16)15-23-17-11-13-19(14-12-17)25-18-7-3-2-4-8-18/h2-15,24H,1H3. The van der Waals surface area contributed by atoms with Crippen LogP contribution in [0.5, 0.6) is 11.5 Å². The lowest BCUT2D eigenvalue weighted by atomic mass is 10.1. The van der Waals surface area contributed by atoms with Gasteiger partial charge >= 0.3 is 0 Å². The monoisotopic (exact) mass is 326 g/mol. The molecule has 0 fully saturated rings. The van der Waals surface area contributed by atoms with E-state index in [0.29, 0.717) is 0 Å². The van der Waals surface area contributed by atoms with E-state index in [0.717, 1.165) is 34.0 Å². The fraction of sp³-hybridized carbons (Fsp3) is 0.0455. The fourth-order valence-electron chi connectivity index (χ4n) is 2.83. The zero-order chi connectivity index (χ0) is 17.1. The van der Waals surface area contributed by atoms with Crippen molar-refractivity contribution in [1.29, 1.82) is 0 Å². The first-order valence-corrected chi connectivity index (χ1v) is 8.24. The minimum Gasteiger partial charge on any atom is -0.457 e. The summed E-state index contributed by atoms with van der Waals surface area (Å²) in [6.45, 7) is 2.07. The molecule has 25 heavy (non-hydrogen) atoms. The molecule has 0 saturated carbocycles. The minimum atomic E-state index is 0.799. The number of rotatable bonds is 4. The maximum absolute atomic E-state index is 5.80. The number of hydrogen-bond acceptors (Lipinski definition) is 2. The molecule has 1 heterocycles. The molecule has 4 aromatic rings. The molecular formula is C22H18N2O. The van der Waals surface area contributed by atoms with Gasteiger partial charge in [-0.3, -0.25) is 4.99 Å². The van der Waals surface area contributed by atoms with Crippen LogP contribution in [0.25, 0.3) is 10.9 Å². The number of fused-ring (bicyclic) bond motifs is 1. The molecule has 0 atom stereocenters. The van der Waals surface area contributed by atoms with Gasteiger partial charge in [-0.1, -0.05) is 36.4 Å². The zero-order valence-electron chi connectivity index (χ0n) is 13.9. The largest absolute Gasteiger partial charge is 0.457 e. The number of aromatic amines is 1. The summed E-state index contributed by atoms with van der Waals surface area (Å²) in [7, 11) is 0. The summed E-state index contributed by atoms with van der Waals surface area (Å²) >= 11 is 0. The maximum atomic E-state index is 5.80. The first kappa shape index (κ1) is 15.2. The number of ether oxygens (including phenoxy) is 1. The lowest BCUT2D eigenvalue weighted by Crippen LogP contribution is -1.84. The van der Waals surface area contributed by atoms with E-state index in [1.54, 1.807) is 0 Å². The van der Waals surface area contributed by atoms with E-state index < -0.39 is 0 Å². The Morgan fingerprint density at radius 3 is 2.28 bits per heavy atom. The average Bonchev–Trinajstić information content (AvgIpc) is 2.97. The predicted octanol–water partition coefficient (Wildman–Crippen LogP) is 6.02. The number of hydrogen-bond donors (Lipinski definition) is 1. The molecule has 3 aromatic carbocycles. The van der Waals surface area contributed by atoms with Gasteiger partial charge in [0.25, 0.3) is 0 Å². The lowest BCUT2D eigenvalue weighted by molar-refractivity contribution is 0.483. The molecule has 0 amide bonds. The van der Waals surface area contributed by atoms with E-state index in [4.69, 9.17) is 4.74 Å². The lowest BCUT2D eigenvalue weighted by Gasteiger charge is -2.05. The SMILES string of the molecule is Cc1[nH]c2ccccc2c1C=Nc1ccc(Oc2ccccc2)cc1. The van der Waals surface area contributed by atoms with Crippen LogP contribution in [0.2, 0.25) is 0 Å². The Balaban J connectivity index is 1.54. The van der Waals surface area contributed by atoms with Crippen LogP contribution in [0, 0.1) is 6.92 Å². The normalized spacial score (nSPS) is 11.2. The third-order valence-electron chi connectivity index (χ3n) is 4.10. The molecule has 0 spiro atoms. The van der Waals surface area contributed by atoms with E-state index in [-0.39, 0.29) is 0 Å². The van der Waals surface area contributed by atoms with Crippen molar-refractivity contribution >= 4 is 22.8 Å². The van der Waals surface area contributed by atoms with Crippen molar-refractivity contribution in [1.82, 2.24) is 4.98 Å². The highest BCUT2D eigenvalue weighted by Crippen LogP contribution is 2.25. The summed E-state index contributed by atoms with van der Waals surface area (Å²) in [6, 6.07) is 25.8. The molecule has 0 aliphatic carbocycles. The fourth-order valence-corrected chi connectivity index (χ4v) is 2.83. The van der Waals surface area contributed by atoms with Gasteiger partial charge in [-0.15, -0.1) is 0 Å². The van der Waals surface area contributed by atoms with Gasteiger partial charge in [0.15, 0.2) is 0 Å². The molecule has 1 aromatic heterocycles. The van der Waals surface area contributed by atoms with Gasteiger partial charge in [-0.05, 0) is 49.4 Å². The third kappa shape index (κ3) is 3.31. The number of aliphatic imine (C=N–C) groups is 1. The van der Waals surface area contributed by atoms with Crippen LogP contribution in [0.3, 0.4) is 0 Å². The Labute approximate surface area is 146 Å². The molecule has 0 bridgehead atoms. The van der Waals surface area contributed by atoms with E-state index in [1.807, 2.05) is 72.9 Å². The van der Waals surface area contributed by atoms with E-state index in [2.05, 4.69) is 29.0 Å². The number of benzene rings is 3. The number of nitrogens with zero attached hydrogens (tertiary/aromatic N) is 1. The smallest absolute Gasteiger partial charge is 0.127 e. The van der Waals surface area contributed by atoms with Gasteiger partial charge < -0.3 is 9.72 Å². The molecule has 0 aliphatic rings. The molecule has 122 valence electrons. The van der Waals surface area contributed by atoms with Crippen LogP contribution < -0.4 is 4.74 Å². The minimum absolute atomic E-state index is 0.799. The number of nitrogens with one attached hydrogen (secondary N) is 1. The van der Waals surface area contributed by atoms with Crippen molar-refractivity contribution in [3.63, 3.8) is 0 Å². The summed E-state index contributed by atoms with van der Waals surface area (Å²) in [5.41, 5.74) is 4.27. The topological polar surface area (TPSA) is 37.4 Å². The van der Waals surface area contributed by atoms with Crippen molar-refractivity contribution in [3.8, 4) is 11.5 Å². The first-order chi connectivity index (χ1) is 12.3. The van der Waals surface area contributed by atoms with Gasteiger partial charge in [-0.2, -0.15) is 0 Å². The Bertz CT molecular complexity index is 1020. The quantitative estimate of drug-likeness (QED) is 0.457. The van der Waals surface area contributed by atoms with E-state index in [1.165, 1.54) is 5.39 Å². The third-order valence-corrected chi connectivity index (χ3v) is 4.10. The van der Waals surface area contributed by atoms with Crippen molar-refractivity contribution in [2.75, 3.05) is 0 Å². The van der Waals surface area contributed by atoms with Crippen LogP contribution in [0.4, 0.5) is 5.69 Å². The van der Waals surface area contributed by atoms with Gasteiger partial charge in [0.2, 0.25) is 0 Å². The number of para-hydroxylation sites is 2. The van der Waals surface area contributed by atoms with Gasteiger partial charge in [0.1, 0.15) is 11.5 Å². The Morgan fingerprint density at radius 2 is 1.48 bits per heavy atom. The van der Waals surface area contributed by atoms with Crippen LogP contribution in [-0.2, 0) is 0 Å². The highest BCUT2D eigenvalue weighted by molar-refractivity contribution is 6.01. The second-order valence-electron chi connectivity index (χ2n) is 5.88. The highest BCUT2D eigenvalue weighted by atomic mass is 16.5. The van der Waals surface area contributed by atoms with E-state index in [9.17, 15) is 0 Å². The highest BCUT2D eigenvalue weighted by Gasteiger charge is 2.05. The van der Waals surface area contributed by atoms with Crippen molar-refractivity contribution in [2.24, 2.45) is 4.99 Å². The molecule has 4 rings (SSSR count). The molecule has 0 unspecified atom stereocenters. The van der Waals surface area contributed by atoms with Crippen molar-refractivity contribution in [3.05, 3.63) is 90.1 Å². The molecule has 0 saturated heterocycles. The van der Waals surface area contributed by atoms with Gasteiger partial charge in [0.05, 0.1) is 5.69 Å². The Morgan fingerprint density at radius 1 is 0.800 bits per heavy atom. The zero-order valence-corrected chi connectivity index (χ0v) is 13.9. The summed E-state index contributed by atoms with van der Waals surface area (Å²) in [4.78, 5) is 8.00. The van der Waals surface area contributed by atoms with Crippen LogP contribution in [-0.4, -0.2) is 11.2 Å². The molecule has 0 aliphatic heterocycles. The van der Waals surface area contributed by atoms with Crippen LogP contribution in [0.15, 0.2) is 83.9 Å². The van der Waals surface area contributed by atoms with Crippen molar-refractivity contribution in [2.45, 2.75) is 6.92 Å². The first-order valence-electron chi connectivity index (χ1n) is 8.24. The molecule has 0 radical (unpaired) electrons. The van der Waals surface area contributed by atoms with E-state index >= 15 is 0 Å². The summed E-state index contributed by atoms with van der Waals surface area (Å²) in [5.74, 6) is 1.63. The van der Waals surface area contributed by atoms with Crippen LogP contribution >= 0.6 is 0 Å².